The molecule has 29 heavy (non-hydrogen) atoms. The van der Waals surface area contributed by atoms with Crippen LogP contribution in [0.5, 0.6) is 0 Å². The lowest BCUT2D eigenvalue weighted by Crippen LogP contribution is -2.49. The molecule has 2 aromatic heterocycles. The Morgan fingerprint density at radius 2 is 1.93 bits per heavy atom. The van der Waals surface area contributed by atoms with E-state index >= 15 is 0 Å². The summed E-state index contributed by atoms with van der Waals surface area (Å²) in [6, 6.07) is 9.97. The van der Waals surface area contributed by atoms with Crippen molar-refractivity contribution in [3.63, 3.8) is 0 Å². The number of nitrogens with one attached hydrogen (secondary N) is 1. The Kier molecular flexibility index (Phi) is 6.66. The predicted molar refractivity (Wildman–Crippen MR) is 116 cm³/mol. The molecule has 0 spiro atoms. The Hall–Kier alpha value is -2.29. The van der Waals surface area contributed by atoms with Crippen LogP contribution >= 0.6 is 34.5 Å². The van der Waals surface area contributed by atoms with Crippen LogP contribution in [-0.2, 0) is 11.3 Å². The van der Waals surface area contributed by atoms with Gasteiger partial charge in [0.05, 0.1) is 6.54 Å². The number of aromatic nitrogens is 2. The van der Waals surface area contributed by atoms with Gasteiger partial charge in [-0.3, -0.25) is 9.59 Å². The minimum atomic E-state index is -0.845. The Balaban J connectivity index is 2.06. The monoisotopic (exact) mass is 448 g/mol. The van der Waals surface area contributed by atoms with E-state index in [4.69, 9.17) is 11.6 Å². The molecule has 0 unspecified atom stereocenters. The van der Waals surface area contributed by atoms with Crippen LogP contribution in [0.25, 0.3) is 0 Å². The number of hydrogen-bond acceptors (Lipinski definition) is 6. The van der Waals surface area contributed by atoms with Gasteiger partial charge in [0.1, 0.15) is 6.04 Å². The zero-order valence-electron chi connectivity index (χ0n) is 16.3. The largest absolute Gasteiger partial charge is 0.349 e. The molecule has 0 saturated heterocycles. The fraction of sp³-hybridized carbons (Fsp3) is 0.300. The first kappa shape index (κ1) is 21.4. The Bertz CT molecular complexity index is 952. The van der Waals surface area contributed by atoms with Gasteiger partial charge < -0.3 is 10.2 Å². The molecule has 0 aliphatic carbocycles. The Labute approximate surface area is 182 Å². The maximum atomic E-state index is 13.3. The van der Waals surface area contributed by atoms with Crippen molar-refractivity contribution in [3.8, 4) is 0 Å². The minimum Gasteiger partial charge on any atom is -0.349 e. The van der Waals surface area contributed by atoms with Gasteiger partial charge >= 0.3 is 0 Å². The van der Waals surface area contributed by atoms with Crippen LogP contribution in [0.4, 0.5) is 0 Å². The molecule has 2 amide bonds. The fourth-order valence-electron chi connectivity index (χ4n) is 2.81. The molecule has 0 aliphatic heterocycles. The van der Waals surface area contributed by atoms with Crippen LogP contribution in [0.3, 0.4) is 0 Å². The first-order valence-corrected chi connectivity index (χ1v) is 11.0. The second-order valence-electron chi connectivity index (χ2n) is 7.50. The molecule has 0 fully saturated rings. The summed E-state index contributed by atoms with van der Waals surface area (Å²) in [4.78, 5) is 29.1. The van der Waals surface area contributed by atoms with E-state index in [1.54, 1.807) is 29.6 Å². The third-order valence-electron chi connectivity index (χ3n) is 3.99. The number of thiophene rings is 1. The highest BCUT2D eigenvalue weighted by molar-refractivity contribution is 7.09. The SMILES string of the molecule is CC(C)(C)NC(=O)[C@H](c1ccc(Cl)cc1)N(Cc1cccs1)C(=O)c1csnn1. The molecule has 6 nitrogen and oxygen atoms in total. The number of rotatable bonds is 6. The summed E-state index contributed by atoms with van der Waals surface area (Å²) in [5.41, 5.74) is 0.431. The fourth-order valence-corrected chi connectivity index (χ4v) is 4.07. The summed E-state index contributed by atoms with van der Waals surface area (Å²) >= 11 is 8.67. The van der Waals surface area contributed by atoms with Gasteiger partial charge in [-0.2, -0.15) is 0 Å². The summed E-state index contributed by atoms with van der Waals surface area (Å²) in [5.74, 6) is -0.621. The molecule has 0 bridgehead atoms. The van der Waals surface area contributed by atoms with Crippen molar-refractivity contribution in [1.29, 1.82) is 0 Å². The smallest absolute Gasteiger partial charge is 0.276 e. The maximum Gasteiger partial charge on any atom is 0.276 e. The van der Waals surface area contributed by atoms with E-state index in [0.29, 0.717) is 10.6 Å². The lowest BCUT2D eigenvalue weighted by molar-refractivity contribution is -0.127. The molecular formula is C20H21ClN4O2S2. The number of carbonyl (C=O) groups is 2. The van der Waals surface area contributed by atoms with Crippen molar-refractivity contribution in [2.75, 3.05) is 0 Å². The van der Waals surface area contributed by atoms with Crippen molar-refractivity contribution in [3.05, 3.63) is 68.3 Å². The summed E-state index contributed by atoms with van der Waals surface area (Å²) < 4.78 is 3.80. The average Bonchev–Trinajstić information content (AvgIpc) is 3.34. The minimum absolute atomic E-state index is 0.217. The van der Waals surface area contributed by atoms with E-state index in [2.05, 4.69) is 14.9 Å². The molecule has 1 aromatic carbocycles. The Morgan fingerprint density at radius 3 is 2.48 bits per heavy atom. The molecule has 3 aromatic rings. The molecule has 3 rings (SSSR count). The van der Waals surface area contributed by atoms with Crippen molar-refractivity contribution in [2.45, 2.75) is 38.9 Å². The molecular weight excluding hydrogens is 428 g/mol. The second kappa shape index (κ2) is 9.02. The number of amides is 2. The lowest BCUT2D eigenvalue weighted by Gasteiger charge is -2.33. The highest BCUT2D eigenvalue weighted by Gasteiger charge is 2.34. The van der Waals surface area contributed by atoms with E-state index in [1.165, 1.54) is 16.2 Å². The Morgan fingerprint density at radius 1 is 1.21 bits per heavy atom. The summed E-state index contributed by atoms with van der Waals surface area (Å²) in [5, 5.41) is 11.0. The molecule has 0 aliphatic rings. The third-order valence-corrected chi connectivity index (χ3v) is 5.61. The first-order valence-electron chi connectivity index (χ1n) is 8.92. The van der Waals surface area contributed by atoms with Crippen LogP contribution < -0.4 is 5.32 Å². The normalized spacial score (nSPS) is 12.4. The topological polar surface area (TPSA) is 75.2 Å². The van der Waals surface area contributed by atoms with Gasteiger partial charge in [-0.1, -0.05) is 34.3 Å². The highest BCUT2D eigenvalue weighted by Crippen LogP contribution is 2.28. The van der Waals surface area contributed by atoms with E-state index in [0.717, 1.165) is 16.4 Å². The van der Waals surface area contributed by atoms with E-state index < -0.39 is 11.6 Å². The lowest BCUT2D eigenvalue weighted by atomic mass is 10.0. The van der Waals surface area contributed by atoms with Crippen LogP contribution in [0, 0.1) is 0 Å². The van der Waals surface area contributed by atoms with Gasteiger partial charge in [0.25, 0.3) is 5.91 Å². The standard InChI is InChI=1S/C20H21ClN4O2S2/c1-20(2,3)22-18(26)17(13-6-8-14(21)9-7-13)25(11-15-5-4-10-28-15)19(27)16-12-29-24-23-16/h4-10,12,17H,11H2,1-3H3,(H,22,26)/t17-/m0/s1. The number of benzene rings is 1. The van der Waals surface area contributed by atoms with Crippen molar-refractivity contribution in [1.82, 2.24) is 19.8 Å². The van der Waals surface area contributed by atoms with Crippen molar-refractivity contribution in [2.24, 2.45) is 0 Å². The molecule has 9 heteroatoms. The molecule has 2 heterocycles. The van der Waals surface area contributed by atoms with Gasteiger partial charge in [0.2, 0.25) is 5.91 Å². The van der Waals surface area contributed by atoms with Crippen LogP contribution in [0.1, 0.15) is 47.7 Å². The van der Waals surface area contributed by atoms with Gasteiger partial charge in [0, 0.05) is 20.8 Å². The van der Waals surface area contributed by atoms with Gasteiger partial charge in [-0.05, 0) is 61.4 Å². The first-order chi connectivity index (χ1) is 13.7. The second-order valence-corrected chi connectivity index (χ2v) is 9.57. The van der Waals surface area contributed by atoms with Crippen LogP contribution in [0.15, 0.2) is 47.2 Å². The summed E-state index contributed by atoms with van der Waals surface area (Å²) in [6.07, 6.45) is 0. The molecule has 1 atom stereocenters. The molecule has 152 valence electrons. The highest BCUT2D eigenvalue weighted by atomic mass is 35.5. The number of nitrogens with zero attached hydrogens (tertiary/aromatic N) is 3. The molecule has 0 radical (unpaired) electrons. The number of halogens is 1. The molecule has 0 saturated carbocycles. The summed E-state index contributed by atoms with van der Waals surface area (Å²) in [6.45, 7) is 5.98. The van der Waals surface area contributed by atoms with Crippen molar-refractivity contribution < 1.29 is 9.59 Å². The van der Waals surface area contributed by atoms with Crippen molar-refractivity contribution >= 4 is 46.3 Å². The van der Waals surface area contributed by atoms with E-state index in [1.807, 2.05) is 38.3 Å². The van der Waals surface area contributed by atoms with Gasteiger partial charge in [-0.15, -0.1) is 16.4 Å². The third kappa shape index (κ3) is 5.62. The van der Waals surface area contributed by atoms with Gasteiger partial charge in [0.15, 0.2) is 5.69 Å². The quantitative estimate of drug-likeness (QED) is 0.600. The zero-order valence-corrected chi connectivity index (χ0v) is 18.6. The predicted octanol–water partition coefficient (Wildman–Crippen LogP) is 4.55. The van der Waals surface area contributed by atoms with E-state index in [-0.39, 0.29) is 24.1 Å². The number of hydrogen-bond donors (Lipinski definition) is 1. The van der Waals surface area contributed by atoms with Gasteiger partial charge in [-0.25, -0.2) is 0 Å². The van der Waals surface area contributed by atoms with Crippen LogP contribution in [-0.4, -0.2) is 31.8 Å². The molecule has 1 N–H and O–H groups in total. The van der Waals surface area contributed by atoms with Crippen LogP contribution in [0.2, 0.25) is 5.02 Å². The zero-order chi connectivity index (χ0) is 21.0. The number of carbonyl (C=O) groups excluding carboxylic acids is 2. The van der Waals surface area contributed by atoms with E-state index in [9.17, 15) is 9.59 Å². The average molecular weight is 449 g/mol. The maximum absolute atomic E-state index is 13.3. The summed E-state index contributed by atoms with van der Waals surface area (Å²) in [7, 11) is 0.